The van der Waals surface area contributed by atoms with Gasteiger partial charge in [-0.3, -0.25) is 4.79 Å². The first kappa shape index (κ1) is 21.0. The molecule has 0 aromatic heterocycles. The maximum absolute atomic E-state index is 12.2. The number of esters is 1. The number of nitrogens with zero attached hydrogens (tertiary/aromatic N) is 1. The molecule has 0 aliphatic carbocycles. The Morgan fingerprint density at radius 3 is 2.33 bits per heavy atom. The molecule has 0 radical (unpaired) electrons. The summed E-state index contributed by atoms with van der Waals surface area (Å²) >= 11 is 0. The fourth-order valence-electron chi connectivity index (χ4n) is 2.75. The fourth-order valence-corrected chi connectivity index (χ4v) is 4.48. The molecule has 27 heavy (non-hydrogen) atoms. The number of alkyl halides is 3. The average molecular weight is 409 g/mol. The van der Waals surface area contributed by atoms with E-state index in [1.807, 2.05) is 0 Å². The molecule has 7 nitrogen and oxygen atoms in total. The van der Waals surface area contributed by atoms with Gasteiger partial charge in [0.1, 0.15) is 5.75 Å². The van der Waals surface area contributed by atoms with Gasteiger partial charge in [-0.1, -0.05) is 0 Å². The topological polar surface area (TPSA) is 90.0 Å². The summed E-state index contributed by atoms with van der Waals surface area (Å²) < 4.78 is 68.0. The quantitative estimate of drug-likeness (QED) is 0.666. The Balaban J connectivity index is 1.91. The number of sulfone groups is 1. The summed E-state index contributed by atoms with van der Waals surface area (Å²) in [6, 6.07) is 3.61. The van der Waals surface area contributed by atoms with Crippen LogP contribution in [0.2, 0.25) is 0 Å². The van der Waals surface area contributed by atoms with E-state index in [0.29, 0.717) is 6.42 Å². The number of ether oxygens (including phenoxy) is 2. The average Bonchev–Trinajstić information content (AvgIpc) is 2.92. The van der Waals surface area contributed by atoms with Crippen molar-refractivity contribution in [1.82, 2.24) is 4.90 Å². The third kappa shape index (κ3) is 6.12. The van der Waals surface area contributed by atoms with Crippen molar-refractivity contribution in [1.29, 1.82) is 0 Å². The van der Waals surface area contributed by atoms with E-state index in [1.54, 1.807) is 6.92 Å². The van der Waals surface area contributed by atoms with E-state index < -0.39 is 46.5 Å². The lowest BCUT2D eigenvalue weighted by molar-refractivity contribution is -0.274. The van der Waals surface area contributed by atoms with Crippen LogP contribution in [0.4, 0.5) is 13.2 Å². The van der Waals surface area contributed by atoms with Gasteiger partial charge in [0, 0.05) is 12.6 Å². The molecule has 1 saturated heterocycles. The number of halogens is 3. The van der Waals surface area contributed by atoms with Crippen molar-refractivity contribution in [2.24, 2.45) is 0 Å². The Morgan fingerprint density at radius 1 is 1.22 bits per heavy atom. The first-order valence-electron chi connectivity index (χ1n) is 8.03. The van der Waals surface area contributed by atoms with Crippen molar-refractivity contribution in [2.45, 2.75) is 25.7 Å². The van der Waals surface area contributed by atoms with E-state index in [1.165, 1.54) is 4.90 Å². The van der Waals surface area contributed by atoms with Crippen LogP contribution in [0.5, 0.6) is 5.75 Å². The summed E-state index contributed by atoms with van der Waals surface area (Å²) in [6.45, 7) is 1.36. The predicted octanol–water partition coefficient (Wildman–Crippen LogP) is 1.78. The molecule has 1 fully saturated rings. The minimum absolute atomic E-state index is 0.00752. The van der Waals surface area contributed by atoms with Gasteiger partial charge in [-0.25, -0.2) is 13.2 Å². The summed E-state index contributed by atoms with van der Waals surface area (Å²) in [5.74, 6) is -2.04. The number of carbonyl (C=O) groups is 2. The number of hydrogen-bond acceptors (Lipinski definition) is 6. The van der Waals surface area contributed by atoms with Gasteiger partial charge in [0.25, 0.3) is 5.91 Å². The molecule has 1 heterocycles. The van der Waals surface area contributed by atoms with Crippen molar-refractivity contribution in [3.05, 3.63) is 29.8 Å². The summed E-state index contributed by atoms with van der Waals surface area (Å²) in [5.41, 5.74) is -0.0520. The van der Waals surface area contributed by atoms with Crippen molar-refractivity contribution in [2.75, 3.05) is 24.7 Å². The van der Waals surface area contributed by atoms with Crippen LogP contribution in [0.1, 0.15) is 23.7 Å². The maximum Gasteiger partial charge on any atom is 0.573 e. The lowest BCUT2D eigenvalue weighted by atomic mass is 10.2. The normalized spacial score (nSPS) is 18.7. The number of amides is 1. The molecule has 0 saturated carbocycles. The zero-order chi connectivity index (χ0) is 20.2. The molecule has 1 aromatic carbocycles. The van der Waals surface area contributed by atoms with Crippen LogP contribution >= 0.6 is 0 Å². The number of rotatable bonds is 6. The van der Waals surface area contributed by atoms with Gasteiger partial charge in [0.05, 0.1) is 17.1 Å². The second-order valence-electron chi connectivity index (χ2n) is 5.88. The predicted molar refractivity (Wildman–Crippen MR) is 87.9 cm³/mol. The summed E-state index contributed by atoms with van der Waals surface area (Å²) in [6.07, 6.45) is -4.51. The molecule has 1 aliphatic rings. The summed E-state index contributed by atoms with van der Waals surface area (Å²) in [7, 11) is -3.17. The fraction of sp³-hybridized carbons (Fsp3) is 0.500. The highest BCUT2D eigenvalue weighted by Crippen LogP contribution is 2.23. The van der Waals surface area contributed by atoms with Crippen LogP contribution in [0, 0.1) is 0 Å². The van der Waals surface area contributed by atoms with Gasteiger partial charge in [0.2, 0.25) is 0 Å². The SMILES string of the molecule is CCN(C(=O)COC(=O)c1ccc(OC(F)(F)F)cc1)C1CCS(=O)(=O)C1. The van der Waals surface area contributed by atoms with E-state index in [2.05, 4.69) is 4.74 Å². The maximum atomic E-state index is 12.2. The van der Waals surface area contributed by atoms with Gasteiger partial charge < -0.3 is 14.4 Å². The lowest BCUT2D eigenvalue weighted by Crippen LogP contribution is -2.43. The second kappa shape index (κ2) is 8.15. The van der Waals surface area contributed by atoms with E-state index in [-0.39, 0.29) is 23.6 Å². The molecule has 1 amide bonds. The largest absolute Gasteiger partial charge is 0.573 e. The minimum atomic E-state index is -4.84. The Hall–Kier alpha value is -2.30. The molecule has 0 bridgehead atoms. The van der Waals surface area contributed by atoms with E-state index >= 15 is 0 Å². The monoisotopic (exact) mass is 409 g/mol. The molecule has 150 valence electrons. The zero-order valence-electron chi connectivity index (χ0n) is 14.4. The van der Waals surface area contributed by atoms with Crippen LogP contribution in [0.3, 0.4) is 0 Å². The van der Waals surface area contributed by atoms with Crippen molar-refractivity contribution in [3.8, 4) is 5.75 Å². The van der Waals surface area contributed by atoms with Crippen molar-refractivity contribution >= 4 is 21.7 Å². The number of hydrogen-bond donors (Lipinski definition) is 0. The Labute approximate surface area is 154 Å². The van der Waals surface area contributed by atoms with Gasteiger partial charge in [-0.05, 0) is 37.6 Å². The molecule has 0 N–H and O–H groups in total. The Kier molecular flexibility index (Phi) is 6.34. The van der Waals surface area contributed by atoms with Crippen LogP contribution < -0.4 is 4.74 Å². The highest BCUT2D eigenvalue weighted by molar-refractivity contribution is 7.91. The van der Waals surface area contributed by atoms with E-state index in [4.69, 9.17) is 4.74 Å². The van der Waals surface area contributed by atoms with Gasteiger partial charge in [-0.2, -0.15) is 0 Å². The molecule has 2 rings (SSSR count). The smallest absolute Gasteiger partial charge is 0.452 e. The number of carbonyl (C=O) groups excluding carboxylic acids is 2. The third-order valence-corrected chi connectivity index (χ3v) is 5.71. The number of benzene rings is 1. The highest BCUT2D eigenvalue weighted by Gasteiger charge is 2.34. The Bertz CT molecular complexity index is 791. The standard InChI is InChI=1S/C16H18F3NO6S/c1-2-20(12-7-8-27(23,24)10-12)14(21)9-25-15(22)11-3-5-13(6-4-11)26-16(17,18)19/h3-6,12H,2,7-10H2,1H3. The van der Waals surface area contributed by atoms with Gasteiger partial charge >= 0.3 is 12.3 Å². The number of likely N-dealkylation sites (N-methyl/N-ethyl adjacent to an activating group) is 1. The molecular formula is C16H18F3NO6S. The molecule has 1 aliphatic heterocycles. The molecule has 0 spiro atoms. The summed E-state index contributed by atoms with van der Waals surface area (Å²) in [4.78, 5) is 25.5. The van der Waals surface area contributed by atoms with Gasteiger partial charge in [0.15, 0.2) is 16.4 Å². The molecule has 1 atom stereocenters. The zero-order valence-corrected chi connectivity index (χ0v) is 15.2. The van der Waals surface area contributed by atoms with Crippen LogP contribution in [-0.2, 0) is 19.4 Å². The minimum Gasteiger partial charge on any atom is -0.452 e. The Morgan fingerprint density at radius 2 is 1.85 bits per heavy atom. The van der Waals surface area contributed by atoms with Crippen LogP contribution in [0.15, 0.2) is 24.3 Å². The molecule has 1 aromatic rings. The molecular weight excluding hydrogens is 391 g/mol. The van der Waals surface area contributed by atoms with Crippen molar-refractivity contribution < 1.29 is 40.7 Å². The lowest BCUT2D eigenvalue weighted by Gasteiger charge is -2.26. The van der Waals surface area contributed by atoms with Crippen LogP contribution in [-0.4, -0.2) is 62.3 Å². The third-order valence-electron chi connectivity index (χ3n) is 3.96. The summed E-state index contributed by atoms with van der Waals surface area (Å²) in [5, 5.41) is 0. The van der Waals surface area contributed by atoms with E-state index in [9.17, 15) is 31.2 Å². The molecule has 1 unspecified atom stereocenters. The highest BCUT2D eigenvalue weighted by atomic mass is 32.2. The van der Waals surface area contributed by atoms with Crippen LogP contribution in [0.25, 0.3) is 0 Å². The second-order valence-corrected chi connectivity index (χ2v) is 8.11. The van der Waals surface area contributed by atoms with Gasteiger partial charge in [-0.15, -0.1) is 13.2 Å². The van der Waals surface area contributed by atoms with Crippen molar-refractivity contribution in [3.63, 3.8) is 0 Å². The first-order valence-corrected chi connectivity index (χ1v) is 9.85. The van der Waals surface area contributed by atoms with E-state index in [0.717, 1.165) is 24.3 Å². The molecule has 11 heteroatoms. The first-order chi connectivity index (χ1) is 12.5.